The fourth-order valence-corrected chi connectivity index (χ4v) is 8.68. The van der Waals surface area contributed by atoms with Gasteiger partial charge in [0.25, 0.3) is 5.91 Å². The normalized spacial score (nSPS) is 24.1. The van der Waals surface area contributed by atoms with Gasteiger partial charge >= 0.3 is 6.03 Å². The minimum Gasteiger partial charge on any atom is -0.369 e. The first-order chi connectivity index (χ1) is 23.8. The molecule has 3 fully saturated rings. The van der Waals surface area contributed by atoms with E-state index in [1.54, 1.807) is 11.1 Å². The number of hydrogen-bond acceptors (Lipinski definition) is 7. The van der Waals surface area contributed by atoms with Crippen LogP contribution in [-0.2, 0) is 21.5 Å². The van der Waals surface area contributed by atoms with Crippen molar-refractivity contribution in [2.24, 2.45) is 0 Å². The molecule has 2 aromatic carbocycles. The third-order valence-electron chi connectivity index (χ3n) is 11.2. The van der Waals surface area contributed by atoms with Gasteiger partial charge in [-0.05, 0) is 60.2 Å². The van der Waals surface area contributed by atoms with Gasteiger partial charge in [0, 0.05) is 98.1 Å². The number of benzene rings is 2. The van der Waals surface area contributed by atoms with E-state index in [2.05, 4.69) is 45.6 Å². The lowest BCUT2D eigenvalue weighted by atomic mass is 9.74. The molecular weight excluding hydrogens is 642 g/mol. The van der Waals surface area contributed by atoms with Gasteiger partial charge in [0.2, 0.25) is 11.8 Å². The summed E-state index contributed by atoms with van der Waals surface area (Å²) in [6.45, 7) is 7.85. The van der Waals surface area contributed by atoms with Crippen LogP contribution in [0.1, 0.15) is 71.1 Å². The third-order valence-corrected chi connectivity index (χ3v) is 11.5. The molecular formula is C37H40ClN7O4. The number of fused-ring (bicyclic) bond motifs is 2. The van der Waals surface area contributed by atoms with Crippen LogP contribution < -0.4 is 15.5 Å². The molecule has 3 aromatic rings. The van der Waals surface area contributed by atoms with Crippen LogP contribution in [0.4, 0.5) is 16.3 Å². The quantitative estimate of drug-likeness (QED) is 0.340. The zero-order chi connectivity index (χ0) is 33.9. The van der Waals surface area contributed by atoms with Gasteiger partial charge in [-0.1, -0.05) is 42.8 Å². The fraction of sp³-hybridized carbons (Fsp3) is 0.432. The van der Waals surface area contributed by atoms with E-state index in [0.29, 0.717) is 49.1 Å². The number of pyridine rings is 1. The molecule has 2 N–H and O–H groups in total. The Morgan fingerprint density at radius 2 is 1.88 bits per heavy atom. The first-order valence-corrected chi connectivity index (χ1v) is 17.7. The minimum atomic E-state index is -0.607. The Morgan fingerprint density at radius 1 is 1.02 bits per heavy atom. The fourth-order valence-electron chi connectivity index (χ4n) is 8.35. The van der Waals surface area contributed by atoms with E-state index in [9.17, 15) is 19.2 Å². The molecule has 254 valence electrons. The zero-order valence-corrected chi connectivity index (χ0v) is 28.3. The standard InChI is InChI=1S/C37H40ClN7O4/c1-2-37(22-40-33-32(37)29(38)11-12-39-33)26-5-3-6-27(18-26)44-14-4-13-43(36(44)49)16-15-42-19-25(20-42)23-7-8-24-21-45(35(48)28(24)17-23)30-9-10-31(46)41-34(30)47/h3,5-8,11-12,17-18,25,30H,2,4,9-10,13-16,19-22H2,1H3,(H,39,40)(H,41,46,47). The van der Waals surface area contributed by atoms with E-state index >= 15 is 0 Å². The molecule has 2 atom stereocenters. The van der Waals surface area contributed by atoms with Crippen molar-refractivity contribution in [1.29, 1.82) is 0 Å². The van der Waals surface area contributed by atoms with Crippen molar-refractivity contribution in [3.8, 4) is 0 Å². The van der Waals surface area contributed by atoms with Crippen LogP contribution in [0.5, 0.6) is 0 Å². The number of nitrogens with one attached hydrogen (secondary N) is 2. The van der Waals surface area contributed by atoms with E-state index in [0.717, 1.165) is 72.8 Å². The van der Waals surface area contributed by atoms with Crippen molar-refractivity contribution in [3.05, 3.63) is 87.6 Å². The molecule has 11 nitrogen and oxygen atoms in total. The maximum atomic E-state index is 13.8. The zero-order valence-electron chi connectivity index (χ0n) is 27.6. The van der Waals surface area contributed by atoms with Crippen molar-refractivity contribution in [1.82, 2.24) is 25.0 Å². The molecule has 8 rings (SSSR count). The summed E-state index contributed by atoms with van der Waals surface area (Å²) in [7, 11) is 0. The number of rotatable bonds is 8. The number of hydrogen-bond donors (Lipinski definition) is 2. The molecule has 0 radical (unpaired) electrons. The van der Waals surface area contributed by atoms with Crippen molar-refractivity contribution >= 4 is 46.9 Å². The van der Waals surface area contributed by atoms with Gasteiger partial charge in [-0.3, -0.25) is 24.6 Å². The predicted molar refractivity (Wildman–Crippen MR) is 186 cm³/mol. The molecule has 3 saturated heterocycles. The van der Waals surface area contributed by atoms with Crippen LogP contribution >= 0.6 is 11.6 Å². The highest BCUT2D eigenvalue weighted by molar-refractivity contribution is 6.32. The molecule has 2 unspecified atom stereocenters. The van der Waals surface area contributed by atoms with E-state index < -0.39 is 11.9 Å². The molecule has 5 amide bonds. The number of anilines is 2. The predicted octanol–water partition coefficient (Wildman–Crippen LogP) is 4.35. The Bertz CT molecular complexity index is 1860. The van der Waals surface area contributed by atoms with Crippen LogP contribution in [0.2, 0.25) is 5.02 Å². The summed E-state index contributed by atoms with van der Waals surface area (Å²) in [4.78, 5) is 63.4. The number of likely N-dealkylation sites (tertiary alicyclic amines) is 1. The number of amides is 5. The highest BCUT2D eigenvalue weighted by Crippen LogP contribution is 2.47. The lowest BCUT2D eigenvalue weighted by Crippen LogP contribution is -2.53. The molecule has 49 heavy (non-hydrogen) atoms. The second-order valence-electron chi connectivity index (χ2n) is 13.9. The monoisotopic (exact) mass is 681 g/mol. The van der Waals surface area contributed by atoms with Gasteiger partial charge in [-0.15, -0.1) is 0 Å². The van der Waals surface area contributed by atoms with Crippen LogP contribution in [0.3, 0.4) is 0 Å². The molecule has 5 aliphatic rings. The van der Waals surface area contributed by atoms with Crippen LogP contribution in [0, 0.1) is 0 Å². The summed E-state index contributed by atoms with van der Waals surface area (Å²) in [5.74, 6) is 0.319. The summed E-state index contributed by atoms with van der Waals surface area (Å²) in [5, 5.41) is 6.52. The van der Waals surface area contributed by atoms with E-state index in [1.165, 1.54) is 0 Å². The van der Waals surface area contributed by atoms with E-state index in [-0.39, 0.29) is 29.7 Å². The van der Waals surface area contributed by atoms with E-state index in [4.69, 9.17) is 11.6 Å². The summed E-state index contributed by atoms with van der Waals surface area (Å²) in [6, 6.07) is 15.7. The number of carbonyl (C=O) groups is 4. The number of nitrogens with zero attached hydrogens (tertiary/aromatic N) is 5. The van der Waals surface area contributed by atoms with Crippen molar-refractivity contribution in [3.63, 3.8) is 0 Å². The Kier molecular flexibility index (Phi) is 8.07. The lowest BCUT2D eigenvalue weighted by molar-refractivity contribution is -0.136. The smallest absolute Gasteiger partial charge is 0.324 e. The van der Waals surface area contributed by atoms with Gasteiger partial charge in [-0.2, -0.15) is 0 Å². The molecule has 0 spiro atoms. The van der Waals surface area contributed by atoms with Gasteiger partial charge in [0.1, 0.15) is 11.9 Å². The highest BCUT2D eigenvalue weighted by atomic mass is 35.5. The second kappa shape index (κ2) is 12.4. The highest BCUT2D eigenvalue weighted by Gasteiger charge is 2.43. The first-order valence-electron chi connectivity index (χ1n) is 17.3. The first kappa shape index (κ1) is 31.8. The molecule has 1 aromatic heterocycles. The Morgan fingerprint density at radius 3 is 2.69 bits per heavy atom. The molecule has 0 saturated carbocycles. The maximum absolute atomic E-state index is 13.8. The van der Waals surface area contributed by atoms with Crippen LogP contribution in [0.15, 0.2) is 54.7 Å². The van der Waals surface area contributed by atoms with Crippen LogP contribution in [0.25, 0.3) is 0 Å². The number of aromatic nitrogens is 1. The number of imide groups is 1. The number of urea groups is 1. The van der Waals surface area contributed by atoms with Crippen molar-refractivity contribution in [2.45, 2.75) is 56.5 Å². The third kappa shape index (κ3) is 5.43. The largest absolute Gasteiger partial charge is 0.369 e. The Labute approximate surface area is 290 Å². The molecule has 5 aliphatic heterocycles. The second-order valence-corrected chi connectivity index (χ2v) is 14.3. The topological polar surface area (TPSA) is 118 Å². The van der Waals surface area contributed by atoms with Gasteiger partial charge in [-0.25, -0.2) is 9.78 Å². The summed E-state index contributed by atoms with van der Waals surface area (Å²) in [6.07, 6.45) is 4.08. The van der Waals surface area contributed by atoms with Gasteiger partial charge in [0.05, 0.1) is 0 Å². The number of piperidine rings is 1. The van der Waals surface area contributed by atoms with Crippen molar-refractivity contribution in [2.75, 3.05) is 56.0 Å². The average Bonchev–Trinajstić information content (AvgIpc) is 3.64. The Hall–Kier alpha value is -4.48. The van der Waals surface area contributed by atoms with Gasteiger partial charge in [0.15, 0.2) is 0 Å². The van der Waals surface area contributed by atoms with Crippen LogP contribution in [-0.4, -0.2) is 95.3 Å². The molecule has 12 heteroatoms. The summed E-state index contributed by atoms with van der Waals surface area (Å²) in [5.41, 5.74) is 5.43. The molecule has 0 bridgehead atoms. The molecule has 6 heterocycles. The van der Waals surface area contributed by atoms with Gasteiger partial charge < -0.3 is 20.0 Å². The lowest BCUT2D eigenvalue weighted by Gasteiger charge is -2.42. The number of halogens is 1. The summed E-state index contributed by atoms with van der Waals surface area (Å²) < 4.78 is 0. The van der Waals surface area contributed by atoms with Crippen molar-refractivity contribution < 1.29 is 19.2 Å². The Balaban J connectivity index is 0.884. The number of carbonyl (C=O) groups excluding carboxylic acids is 4. The SMILES string of the molecule is CCC1(c2cccc(N3CCCN(CCN4CC(c5ccc6c(c5)C(=O)N(C5CCC(=O)NC5=O)C6)C4)C3=O)c2)CNc2nccc(Cl)c21. The van der Waals surface area contributed by atoms with E-state index in [1.807, 2.05) is 40.1 Å². The summed E-state index contributed by atoms with van der Waals surface area (Å²) >= 11 is 6.71. The molecule has 0 aliphatic carbocycles. The average molecular weight is 682 g/mol. The maximum Gasteiger partial charge on any atom is 0.324 e. The minimum absolute atomic E-state index is 0.0355.